The third-order valence-electron chi connectivity index (χ3n) is 5.18. The fraction of sp³-hybridized carbons (Fsp3) is 0.217. The van der Waals surface area contributed by atoms with Crippen LogP contribution in [-0.2, 0) is 0 Å². The van der Waals surface area contributed by atoms with Gasteiger partial charge < -0.3 is 4.90 Å². The van der Waals surface area contributed by atoms with Crippen LogP contribution in [0.25, 0.3) is 15.7 Å². The predicted octanol–water partition coefficient (Wildman–Crippen LogP) is 3.12. The van der Waals surface area contributed by atoms with Gasteiger partial charge in [0.15, 0.2) is 0 Å². The molecule has 144 valence electrons. The number of nitrogens with zero attached hydrogens (tertiary/aromatic N) is 4. The predicted molar refractivity (Wildman–Crippen MR) is 110 cm³/mol. The Kier molecular flexibility index (Phi) is 5.32. The lowest BCUT2D eigenvalue weighted by Gasteiger charge is -2.34. The first kappa shape index (κ1) is 18.8. The zero-order valence-electron chi connectivity index (χ0n) is 15.9. The first-order valence-electron chi connectivity index (χ1n) is 9.52. The lowest BCUT2D eigenvalue weighted by molar-refractivity contribution is 0.0573. The Morgan fingerprint density at radius 2 is 1.59 bits per heavy atom. The van der Waals surface area contributed by atoms with E-state index in [1.54, 1.807) is 23.1 Å². The fourth-order valence-corrected chi connectivity index (χ4v) is 3.57. The van der Waals surface area contributed by atoms with E-state index in [2.05, 4.69) is 9.83 Å². The normalized spacial score (nSPS) is 15.6. The number of fused-ring (bicyclic) bond motifs is 1. The van der Waals surface area contributed by atoms with Crippen molar-refractivity contribution in [1.82, 2.24) is 14.8 Å². The summed E-state index contributed by atoms with van der Waals surface area (Å²) in [6.07, 6.45) is -0.919. The van der Waals surface area contributed by atoms with Crippen LogP contribution in [0.3, 0.4) is 0 Å². The van der Waals surface area contributed by atoms with Crippen LogP contribution < -0.4 is 0 Å². The summed E-state index contributed by atoms with van der Waals surface area (Å²) in [5.41, 5.74) is 1.69. The number of carbonyl (C=O) groups is 2. The van der Waals surface area contributed by atoms with Gasteiger partial charge in [-0.2, -0.15) is 0 Å². The Labute approximate surface area is 169 Å². The lowest BCUT2D eigenvalue weighted by Crippen LogP contribution is -2.53. The molecule has 6 heteroatoms. The van der Waals surface area contributed by atoms with E-state index < -0.39 is 6.17 Å². The topological polar surface area (TPSA) is 57.9 Å². The molecule has 1 aliphatic heterocycles. The first-order valence-corrected chi connectivity index (χ1v) is 9.52. The number of pyridine rings is 1. The van der Waals surface area contributed by atoms with Crippen LogP contribution in [0.1, 0.15) is 20.8 Å². The number of Topliss-reactive ketones (excluding diaryl/α,β-unsaturated/α-hetero) is 1. The van der Waals surface area contributed by atoms with Crippen molar-refractivity contribution in [3.05, 3.63) is 89.4 Å². The second-order valence-electron chi connectivity index (χ2n) is 6.95. The van der Waals surface area contributed by atoms with Gasteiger partial charge in [0, 0.05) is 37.1 Å². The summed E-state index contributed by atoms with van der Waals surface area (Å²) in [4.78, 5) is 37.2. The van der Waals surface area contributed by atoms with Gasteiger partial charge in [-0.05, 0) is 24.3 Å². The van der Waals surface area contributed by atoms with Crippen LogP contribution in [-0.4, -0.2) is 58.8 Å². The van der Waals surface area contributed by atoms with E-state index in [4.69, 9.17) is 6.57 Å². The highest BCUT2D eigenvalue weighted by Gasteiger charge is 2.36. The third-order valence-corrected chi connectivity index (χ3v) is 5.18. The monoisotopic (exact) mass is 384 g/mol. The quantitative estimate of drug-likeness (QED) is 0.512. The van der Waals surface area contributed by atoms with E-state index in [9.17, 15) is 9.59 Å². The van der Waals surface area contributed by atoms with E-state index in [-0.39, 0.29) is 11.7 Å². The first-order chi connectivity index (χ1) is 14.2. The molecule has 4 rings (SSSR count). The van der Waals surface area contributed by atoms with Gasteiger partial charge in [-0.15, -0.1) is 0 Å². The van der Waals surface area contributed by atoms with Crippen molar-refractivity contribution in [2.75, 3.05) is 26.2 Å². The molecule has 1 aromatic heterocycles. The molecular formula is C23H20N4O2. The number of hydrogen-bond donors (Lipinski definition) is 0. The molecule has 3 aromatic rings. The van der Waals surface area contributed by atoms with Gasteiger partial charge in [-0.3, -0.25) is 14.4 Å². The Hall–Kier alpha value is -3.56. The zero-order chi connectivity index (χ0) is 20.2. The summed E-state index contributed by atoms with van der Waals surface area (Å²) in [6, 6.07) is 20.3. The number of hydrogen-bond acceptors (Lipinski definition) is 4. The molecule has 0 radical (unpaired) electrons. The van der Waals surface area contributed by atoms with Gasteiger partial charge in [0.1, 0.15) is 5.69 Å². The number of aromatic nitrogens is 1. The van der Waals surface area contributed by atoms with E-state index in [0.29, 0.717) is 37.4 Å². The maximum Gasteiger partial charge on any atom is 0.344 e. The third kappa shape index (κ3) is 3.86. The number of piperazine rings is 1. The molecule has 0 N–H and O–H groups in total. The van der Waals surface area contributed by atoms with Crippen LogP contribution in [0.5, 0.6) is 0 Å². The maximum absolute atomic E-state index is 13.0. The van der Waals surface area contributed by atoms with Gasteiger partial charge in [0.05, 0.1) is 5.52 Å². The molecule has 29 heavy (non-hydrogen) atoms. The number of amides is 1. The molecule has 0 saturated carbocycles. The highest BCUT2D eigenvalue weighted by Crippen LogP contribution is 2.17. The van der Waals surface area contributed by atoms with Crippen molar-refractivity contribution in [2.24, 2.45) is 0 Å². The number of para-hydroxylation sites is 1. The molecule has 6 nitrogen and oxygen atoms in total. The van der Waals surface area contributed by atoms with Crippen LogP contribution >= 0.6 is 0 Å². The van der Waals surface area contributed by atoms with Crippen LogP contribution in [0.15, 0.2) is 66.7 Å². The van der Waals surface area contributed by atoms with Gasteiger partial charge in [-0.1, -0.05) is 42.5 Å². The standard InChI is InChI=1S/C23H20N4O2/c1-24-22(21(28)20-12-11-17-7-5-6-10-19(17)25-20)26-13-15-27(16-14-26)23(29)18-8-3-2-4-9-18/h2-12,22H,13-16H2. The number of benzene rings is 2. The molecule has 1 amide bonds. The van der Waals surface area contributed by atoms with Crippen molar-refractivity contribution in [3.8, 4) is 0 Å². The Bertz CT molecular complexity index is 1080. The van der Waals surface area contributed by atoms with Gasteiger partial charge in [0.25, 0.3) is 11.7 Å². The van der Waals surface area contributed by atoms with Gasteiger partial charge >= 0.3 is 6.17 Å². The molecule has 2 heterocycles. The van der Waals surface area contributed by atoms with Crippen LogP contribution in [0.2, 0.25) is 0 Å². The van der Waals surface area contributed by atoms with E-state index in [0.717, 1.165) is 10.9 Å². The summed E-state index contributed by atoms with van der Waals surface area (Å²) >= 11 is 0. The minimum absolute atomic E-state index is 0.0212. The van der Waals surface area contributed by atoms with Gasteiger partial charge in [0.2, 0.25) is 0 Å². The summed E-state index contributed by atoms with van der Waals surface area (Å²) in [5, 5.41) is 0.955. The molecule has 2 aromatic carbocycles. The molecule has 0 aliphatic carbocycles. The number of ketones is 1. The molecular weight excluding hydrogens is 364 g/mol. The largest absolute Gasteiger partial charge is 0.344 e. The lowest BCUT2D eigenvalue weighted by atomic mass is 10.1. The molecule has 1 fully saturated rings. The van der Waals surface area contributed by atoms with Crippen molar-refractivity contribution in [1.29, 1.82) is 0 Å². The average Bonchev–Trinajstić information content (AvgIpc) is 2.79. The number of rotatable bonds is 4. The Balaban J connectivity index is 1.45. The molecule has 0 spiro atoms. The zero-order valence-corrected chi connectivity index (χ0v) is 15.9. The molecule has 1 unspecified atom stereocenters. The van der Waals surface area contributed by atoms with Crippen molar-refractivity contribution >= 4 is 22.6 Å². The van der Waals surface area contributed by atoms with Gasteiger partial charge in [-0.25, -0.2) is 16.5 Å². The molecule has 1 atom stereocenters. The van der Waals surface area contributed by atoms with E-state index >= 15 is 0 Å². The van der Waals surface area contributed by atoms with E-state index in [1.807, 2.05) is 53.4 Å². The van der Waals surface area contributed by atoms with Crippen molar-refractivity contribution in [3.63, 3.8) is 0 Å². The van der Waals surface area contributed by atoms with Crippen molar-refractivity contribution < 1.29 is 9.59 Å². The second-order valence-corrected chi connectivity index (χ2v) is 6.95. The Morgan fingerprint density at radius 1 is 0.897 bits per heavy atom. The van der Waals surface area contributed by atoms with Crippen LogP contribution in [0.4, 0.5) is 0 Å². The highest BCUT2D eigenvalue weighted by atomic mass is 16.2. The summed E-state index contributed by atoms with van der Waals surface area (Å²) < 4.78 is 0. The second kappa shape index (κ2) is 8.21. The van der Waals surface area contributed by atoms with Crippen LogP contribution in [0, 0.1) is 6.57 Å². The molecule has 1 saturated heterocycles. The fourth-order valence-electron chi connectivity index (χ4n) is 3.57. The average molecular weight is 384 g/mol. The summed E-state index contributed by atoms with van der Waals surface area (Å²) in [6.45, 7) is 9.49. The smallest absolute Gasteiger partial charge is 0.336 e. The highest BCUT2D eigenvalue weighted by molar-refractivity contribution is 6.01. The number of carbonyl (C=O) groups excluding carboxylic acids is 2. The summed E-state index contributed by atoms with van der Waals surface area (Å²) in [7, 11) is 0. The van der Waals surface area contributed by atoms with E-state index in [1.165, 1.54) is 0 Å². The van der Waals surface area contributed by atoms with Crippen molar-refractivity contribution in [2.45, 2.75) is 6.17 Å². The molecule has 0 bridgehead atoms. The molecule has 1 aliphatic rings. The summed E-state index contributed by atoms with van der Waals surface area (Å²) in [5.74, 6) is -0.319. The maximum atomic E-state index is 13.0. The Morgan fingerprint density at radius 3 is 2.31 bits per heavy atom. The minimum atomic E-state index is -0.919. The minimum Gasteiger partial charge on any atom is -0.336 e. The SMILES string of the molecule is [C-]#[N+]C(C(=O)c1ccc2ccccc2n1)N1CCN(C(=O)c2ccccc2)CC1.